The third-order valence-electron chi connectivity index (χ3n) is 1.45. The van der Waals surface area contributed by atoms with E-state index in [4.69, 9.17) is 22.4 Å². The molecule has 0 aromatic heterocycles. The van der Waals surface area contributed by atoms with Crippen molar-refractivity contribution in [3.8, 4) is 17.6 Å². The summed E-state index contributed by atoms with van der Waals surface area (Å²) in [5.41, 5.74) is 6.07. The van der Waals surface area contributed by atoms with Gasteiger partial charge >= 0.3 is 0 Å². The van der Waals surface area contributed by atoms with E-state index in [2.05, 4.69) is 11.8 Å². The lowest BCUT2D eigenvalue weighted by Gasteiger charge is -1.95. The van der Waals surface area contributed by atoms with E-state index in [1.807, 2.05) is 0 Å². The van der Waals surface area contributed by atoms with Gasteiger partial charge in [0.25, 0.3) is 0 Å². The fourth-order valence-electron chi connectivity index (χ4n) is 0.821. The molecule has 1 aromatic carbocycles. The topological polar surface area (TPSA) is 46.2 Å². The summed E-state index contributed by atoms with van der Waals surface area (Å²) in [6, 6.07) is 4.86. The van der Waals surface area contributed by atoms with Crippen molar-refractivity contribution in [2.75, 3.05) is 6.54 Å². The Balaban J connectivity index is 2.81. The highest BCUT2D eigenvalue weighted by Crippen LogP contribution is 2.22. The Kier molecular flexibility index (Phi) is 3.63. The zero-order valence-corrected chi connectivity index (χ0v) is 7.80. The van der Waals surface area contributed by atoms with Crippen LogP contribution in [0, 0.1) is 11.8 Å². The molecule has 13 heavy (non-hydrogen) atoms. The molecule has 0 heterocycles. The quantitative estimate of drug-likeness (QED) is 0.671. The molecular weight excluding hydrogens is 186 g/mol. The molecule has 3 heteroatoms. The van der Waals surface area contributed by atoms with Gasteiger partial charge in [0.2, 0.25) is 0 Å². The number of phenolic OH excluding ortho intramolecular Hbond substituents is 1. The summed E-state index contributed by atoms with van der Waals surface area (Å²) in [5, 5.41) is 9.43. The molecule has 0 amide bonds. The van der Waals surface area contributed by atoms with Crippen molar-refractivity contribution in [3.63, 3.8) is 0 Å². The summed E-state index contributed by atoms with van der Waals surface area (Å²) in [7, 11) is 0. The van der Waals surface area contributed by atoms with Crippen LogP contribution in [0.3, 0.4) is 0 Å². The normalized spacial score (nSPS) is 9.08. The Hall–Kier alpha value is -1.17. The summed E-state index contributed by atoms with van der Waals surface area (Å²) in [4.78, 5) is 0. The first-order valence-corrected chi connectivity index (χ1v) is 4.29. The Labute approximate surface area is 82.3 Å². The lowest BCUT2D eigenvalue weighted by atomic mass is 10.2. The lowest BCUT2D eigenvalue weighted by Crippen LogP contribution is -1.95. The van der Waals surface area contributed by atoms with Crippen LogP contribution in [-0.4, -0.2) is 11.7 Å². The number of aromatic hydroxyl groups is 1. The summed E-state index contributed by atoms with van der Waals surface area (Å²) >= 11 is 5.68. The Morgan fingerprint density at radius 3 is 2.85 bits per heavy atom. The van der Waals surface area contributed by atoms with Crippen LogP contribution in [0.4, 0.5) is 0 Å². The van der Waals surface area contributed by atoms with Crippen LogP contribution in [0.25, 0.3) is 0 Å². The molecule has 1 aromatic rings. The third kappa shape index (κ3) is 2.98. The SMILES string of the molecule is NCCC#Cc1ccc(O)c(Cl)c1. The number of phenols is 1. The predicted octanol–water partition coefficient (Wildman–Crippen LogP) is 1.75. The number of nitrogens with two attached hydrogens (primary N) is 1. The second-order valence-electron chi connectivity index (χ2n) is 2.51. The molecule has 0 spiro atoms. The average molecular weight is 196 g/mol. The number of rotatable bonds is 1. The molecule has 0 radical (unpaired) electrons. The Bertz CT molecular complexity index is 352. The Morgan fingerprint density at radius 2 is 2.23 bits per heavy atom. The minimum absolute atomic E-state index is 0.0750. The van der Waals surface area contributed by atoms with Crippen molar-refractivity contribution in [1.29, 1.82) is 0 Å². The van der Waals surface area contributed by atoms with Gasteiger partial charge in [-0.1, -0.05) is 23.4 Å². The van der Waals surface area contributed by atoms with E-state index in [0.29, 0.717) is 18.0 Å². The van der Waals surface area contributed by atoms with Crippen molar-refractivity contribution >= 4 is 11.6 Å². The molecule has 0 atom stereocenters. The van der Waals surface area contributed by atoms with E-state index in [1.54, 1.807) is 12.1 Å². The van der Waals surface area contributed by atoms with Crippen LogP contribution in [0.1, 0.15) is 12.0 Å². The number of hydrogen-bond donors (Lipinski definition) is 2. The van der Waals surface area contributed by atoms with Crippen molar-refractivity contribution < 1.29 is 5.11 Å². The van der Waals surface area contributed by atoms with Gasteiger partial charge in [-0.25, -0.2) is 0 Å². The summed E-state index contributed by atoms with van der Waals surface area (Å²) in [6.45, 7) is 0.554. The second kappa shape index (κ2) is 4.76. The molecule has 0 aliphatic rings. The van der Waals surface area contributed by atoms with Crippen molar-refractivity contribution in [2.45, 2.75) is 6.42 Å². The lowest BCUT2D eigenvalue weighted by molar-refractivity contribution is 0.475. The minimum Gasteiger partial charge on any atom is -0.506 e. The van der Waals surface area contributed by atoms with Crippen molar-refractivity contribution in [1.82, 2.24) is 0 Å². The maximum Gasteiger partial charge on any atom is 0.134 e. The van der Waals surface area contributed by atoms with E-state index in [-0.39, 0.29) is 5.75 Å². The first kappa shape index (κ1) is 9.91. The fourth-order valence-corrected chi connectivity index (χ4v) is 1.00. The largest absolute Gasteiger partial charge is 0.506 e. The van der Waals surface area contributed by atoms with Crippen LogP contribution < -0.4 is 5.73 Å². The zero-order chi connectivity index (χ0) is 9.68. The van der Waals surface area contributed by atoms with E-state index in [1.165, 1.54) is 6.07 Å². The number of benzene rings is 1. The van der Waals surface area contributed by atoms with Crippen LogP contribution in [0.5, 0.6) is 5.75 Å². The first-order chi connectivity index (χ1) is 6.24. The molecule has 1 rings (SSSR count). The highest BCUT2D eigenvalue weighted by atomic mass is 35.5. The number of hydrogen-bond acceptors (Lipinski definition) is 2. The van der Waals surface area contributed by atoms with Gasteiger partial charge in [0, 0.05) is 18.5 Å². The maximum atomic E-state index is 9.12. The van der Waals surface area contributed by atoms with Gasteiger partial charge < -0.3 is 10.8 Å². The van der Waals surface area contributed by atoms with E-state index in [9.17, 15) is 0 Å². The molecule has 3 N–H and O–H groups in total. The van der Waals surface area contributed by atoms with E-state index < -0.39 is 0 Å². The Morgan fingerprint density at radius 1 is 1.46 bits per heavy atom. The van der Waals surface area contributed by atoms with Gasteiger partial charge in [-0.05, 0) is 18.2 Å². The molecular formula is C10H10ClNO. The summed E-state index contributed by atoms with van der Waals surface area (Å²) in [5.74, 6) is 5.85. The van der Waals surface area contributed by atoms with Crippen molar-refractivity contribution in [3.05, 3.63) is 28.8 Å². The monoisotopic (exact) mass is 195 g/mol. The molecule has 68 valence electrons. The van der Waals surface area contributed by atoms with Gasteiger partial charge in [-0.3, -0.25) is 0 Å². The van der Waals surface area contributed by atoms with Gasteiger partial charge in [-0.15, -0.1) is 0 Å². The van der Waals surface area contributed by atoms with E-state index >= 15 is 0 Å². The zero-order valence-electron chi connectivity index (χ0n) is 7.05. The second-order valence-corrected chi connectivity index (χ2v) is 2.91. The van der Waals surface area contributed by atoms with Gasteiger partial charge in [0.1, 0.15) is 5.75 Å². The number of halogens is 1. The molecule has 0 saturated carbocycles. The molecule has 0 fully saturated rings. The van der Waals surface area contributed by atoms with Crippen LogP contribution in [-0.2, 0) is 0 Å². The standard InChI is InChI=1S/C10H10ClNO/c11-9-7-8(3-1-2-6-12)4-5-10(9)13/h4-5,7,13H,2,6,12H2. The highest BCUT2D eigenvalue weighted by molar-refractivity contribution is 6.32. The van der Waals surface area contributed by atoms with E-state index in [0.717, 1.165) is 5.56 Å². The molecule has 2 nitrogen and oxygen atoms in total. The van der Waals surface area contributed by atoms with Crippen LogP contribution in [0.15, 0.2) is 18.2 Å². The van der Waals surface area contributed by atoms with Gasteiger partial charge in [0.05, 0.1) is 5.02 Å². The molecule has 0 aliphatic heterocycles. The summed E-state index contributed by atoms with van der Waals surface area (Å²) in [6.07, 6.45) is 0.665. The minimum atomic E-state index is 0.0750. The average Bonchev–Trinajstić information content (AvgIpc) is 2.12. The predicted molar refractivity (Wildman–Crippen MR) is 53.7 cm³/mol. The summed E-state index contributed by atoms with van der Waals surface area (Å²) < 4.78 is 0. The molecule has 0 saturated heterocycles. The molecule has 0 unspecified atom stereocenters. The van der Waals surface area contributed by atoms with Crippen LogP contribution >= 0.6 is 11.6 Å². The highest BCUT2D eigenvalue weighted by Gasteiger charge is 1.96. The maximum absolute atomic E-state index is 9.12. The smallest absolute Gasteiger partial charge is 0.134 e. The first-order valence-electron chi connectivity index (χ1n) is 3.91. The third-order valence-corrected chi connectivity index (χ3v) is 1.75. The molecule has 0 bridgehead atoms. The van der Waals surface area contributed by atoms with Crippen LogP contribution in [0.2, 0.25) is 5.02 Å². The fraction of sp³-hybridized carbons (Fsp3) is 0.200. The van der Waals surface area contributed by atoms with Gasteiger partial charge in [-0.2, -0.15) is 0 Å². The van der Waals surface area contributed by atoms with Crippen molar-refractivity contribution in [2.24, 2.45) is 5.73 Å². The molecule has 0 aliphatic carbocycles. The van der Waals surface area contributed by atoms with Gasteiger partial charge in [0.15, 0.2) is 0 Å².